The van der Waals surface area contributed by atoms with Crippen LogP contribution in [0.4, 0.5) is 5.69 Å². The first-order valence-corrected chi connectivity index (χ1v) is 7.19. The number of nitrogens with one attached hydrogen (secondary N) is 1. The Bertz CT molecular complexity index is 468. The van der Waals surface area contributed by atoms with Crippen LogP contribution in [-0.2, 0) is 16.0 Å². The lowest BCUT2D eigenvalue weighted by molar-refractivity contribution is -0.117. The van der Waals surface area contributed by atoms with E-state index >= 15 is 0 Å². The van der Waals surface area contributed by atoms with E-state index in [0.29, 0.717) is 18.6 Å². The van der Waals surface area contributed by atoms with Crippen LogP contribution in [0.2, 0.25) is 0 Å². The maximum absolute atomic E-state index is 10.9. The molecule has 4 nitrogen and oxygen atoms in total. The van der Waals surface area contributed by atoms with Gasteiger partial charge >= 0.3 is 0 Å². The second-order valence-electron chi connectivity index (χ2n) is 6.04. The summed E-state index contributed by atoms with van der Waals surface area (Å²) in [5, 5.41) is 3.54. The summed E-state index contributed by atoms with van der Waals surface area (Å²) in [5.74, 6) is -0.301. The zero-order valence-corrected chi connectivity index (χ0v) is 12.5. The largest absolute Gasteiger partial charge is 0.382 e. The Morgan fingerprint density at radius 3 is 2.55 bits per heavy atom. The first-order chi connectivity index (χ1) is 9.43. The molecule has 110 valence electrons. The molecule has 0 saturated heterocycles. The molecule has 20 heavy (non-hydrogen) atoms. The monoisotopic (exact) mass is 276 g/mol. The fourth-order valence-corrected chi connectivity index (χ4v) is 2.74. The van der Waals surface area contributed by atoms with E-state index in [1.165, 1.54) is 0 Å². The summed E-state index contributed by atoms with van der Waals surface area (Å²) >= 11 is 0. The van der Waals surface area contributed by atoms with E-state index in [2.05, 4.69) is 19.2 Å². The maximum Gasteiger partial charge on any atom is 0.221 e. The number of hydrogen-bond donors (Lipinski definition) is 2. The number of anilines is 1. The molecule has 2 unspecified atom stereocenters. The van der Waals surface area contributed by atoms with Gasteiger partial charge in [-0.15, -0.1) is 0 Å². The number of ether oxygens (including phenoxy) is 1. The van der Waals surface area contributed by atoms with E-state index in [1.54, 1.807) is 0 Å². The number of carbonyl (C=O) groups excluding carboxylic acids is 1. The van der Waals surface area contributed by atoms with Gasteiger partial charge in [0.1, 0.15) is 0 Å². The highest BCUT2D eigenvalue weighted by molar-refractivity contribution is 5.76. The summed E-state index contributed by atoms with van der Waals surface area (Å²) in [5.41, 5.74) is 7.35. The minimum atomic E-state index is -0.301. The van der Waals surface area contributed by atoms with Crippen molar-refractivity contribution in [1.82, 2.24) is 0 Å². The molecule has 3 N–H and O–H groups in total. The quantitative estimate of drug-likeness (QED) is 0.838. The summed E-state index contributed by atoms with van der Waals surface area (Å²) in [6.07, 6.45) is 1.66. The van der Waals surface area contributed by atoms with Gasteiger partial charge in [0.2, 0.25) is 5.91 Å². The van der Waals surface area contributed by atoms with E-state index in [1.807, 2.05) is 31.2 Å². The fourth-order valence-electron chi connectivity index (χ4n) is 2.74. The van der Waals surface area contributed by atoms with Crippen molar-refractivity contribution in [2.75, 3.05) is 11.9 Å². The van der Waals surface area contributed by atoms with E-state index in [-0.39, 0.29) is 11.3 Å². The average molecular weight is 276 g/mol. The molecule has 4 heteroatoms. The van der Waals surface area contributed by atoms with Gasteiger partial charge in [-0.1, -0.05) is 26.0 Å². The van der Waals surface area contributed by atoms with Crippen molar-refractivity contribution in [3.63, 3.8) is 0 Å². The molecule has 1 fully saturated rings. The molecule has 0 bridgehead atoms. The number of nitrogens with two attached hydrogens (primary N) is 1. The Hall–Kier alpha value is -1.55. The molecule has 0 aliphatic heterocycles. The smallest absolute Gasteiger partial charge is 0.221 e. The number of amides is 1. The van der Waals surface area contributed by atoms with Crippen LogP contribution in [-0.4, -0.2) is 24.7 Å². The lowest BCUT2D eigenvalue weighted by Crippen LogP contribution is -2.58. The highest BCUT2D eigenvalue weighted by Gasteiger charge is 2.48. The van der Waals surface area contributed by atoms with Crippen LogP contribution >= 0.6 is 0 Å². The van der Waals surface area contributed by atoms with Gasteiger partial charge in [-0.25, -0.2) is 0 Å². The number of hydrogen-bond acceptors (Lipinski definition) is 3. The molecule has 1 aromatic carbocycles. The van der Waals surface area contributed by atoms with Gasteiger partial charge in [0.25, 0.3) is 0 Å². The molecule has 0 aromatic heterocycles. The minimum absolute atomic E-state index is 0.141. The van der Waals surface area contributed by atoms with Crippen LogP contribution in [0.1, 0.15) is 32.8 Å². The maximum atomic E-state index is 10.9. The number of rotatable bonds is 6. The standard InChI is InChI=1S/C16H24N2O2/c1-4-20-14-10-13(16(14,2)3)18-12-7-5-11(6-8-12)9-15(17)19/h5-8,13-14,18H,4,9-10H2,1-3H3,(H2,17,19). The van der Waals surface area contributed by atoms with E-state index in [0.717, 1.165) is 24.3 Å². The van der Waals surface area contributed by atoms with Crippen LogP contribution in [0, 0.1) is 5.41 Å². The third-order valence-corrected chi connectivity index (χ3v) is 4.22. The van der Waals surface area contributed by atoms with E-state index in [9.17, 15) is 4.79 Å². The Labute approximate surface area is 120 Å². The minimum Gasteiger partial charge on any atom is -0.382 e. The lowest BCUT2D eigenvalue weighted by Gasteiger charge is -2.52. The predicted octanol–water partition coefficient (Wildman–Crippen LogP) is 2.33. The normalized spacial score (nSPS) is 23.9. The van der Waals surface area contributed by atoms with Gasteiger partial charge in [0.05, 0.1) is 12.5 Å². The molecule has 0 heterocycles. The van der Waals surface area contributed by atoms with Crippen molar-refractivity contribution >= 4 is 11.6 Å². The van der Waals surface area contributed by atoms with Crippen molar-refractivity contribution in [3.05, 3.63) is 29.8 Å². The van der Waals surface area contributed by atoms with Crippen LogP contribution in [0.5, 0.6) is 0 Å². The molecule has 2 atom stereocenters. The van der Waals surface area contributed by atoms with Crippen LogP contribution in [0.15, 0.2) is 24.3 Å². The van der Waals surface area contributed by atoms with Crippen LogP contribution < -0.4 is 11.1 Å². The molecule has 1 aromatic rings. The fraction of sp³-hybridized carbons (Fsp3) is 0.562. The van der Waals surface area contributed by atoms with E-state index in [4.69, 9.17) is 10.5 Å². The Morgan fingerprint density at radius 1 is 1.40 bits per heavy atom. The van der Waals surface area contributed by atoms with E-state index < -0.39 is 0 Å². The summed E-state index contributed by atoms with van der Waals surface area (Å²) in [4.78, 5) is 10.9. The van der Waals surface area contributed by atoms with Crippen LogP contribution in [0.25, 0.3) is 0 Å². The van der Waals surface area contributed by atoms with Gasteiger partial charge in [-0.3, -0.25) is 4.79 Å². The molecular weight excluding hydrogens is 252 g/mol. The third kappa shape index (κ3) is 3.12. The Balaban J connectivity index is 1.93. The first-order valence-electron chi connectivity index (χ1n) is 7.19. The summed E-state index contributed by atoms with van der Waals surface area (Å²) in [7, 11) is 0. The molecule has 1 amide bonds. The van der Waals surface area contributed by atoms with Crippen molar-refractivity contribution in [2.24, 2.45) is 11.1 Å². The highest BCUT2D eigenvalue weighted by atomic mass is 16.5. The number of benzene rings is 1. The lowest BCUT2D eigenvalue weighted by atomic mass is 9.64. The summed E-state index contributed by atoms with van der Waals surface area (Å²) in [6, 6.07) is 8.31. The summed E-state index contributed by atoms with van der Waals surface area (Å²) in [6.45, 7) is 7.27. The van der Waals surface area contributed by atoms with Crippen molar-refractivity contribution < 1.29 is 9.53 Å². The Morgan fingerprint density at radius 2 is 2.05 bits per heavy atom. The molecule has 2 rings (SSSR count). The molecule has 0 radical (unpaired) electrons. The predicted molar refractivity (Wildman–Crippen MR) is 80.6 cm³/mol. The molecule has 1 aliphatic carbocycles. The van der Waals surface area contributed by atoms with Gasteiger partial charge in [0.15, 0.2) is 0 Å². The van der Waals surface area contributed by atoms with Crippen molar-refractivity contribution in [1.29, 1.82) is 0 Å². The van der Waals surface area contributed by atoms with Gasteiger partial charge < -0.3 is 15.8 Å². The third-order valence-electron chi connectivity index (χ3n) is 4.22. The number of carbonyl (C=O) groups is 1. The first kappa shape index (κ1) is 14.9. The second kappa shape index (κ2) is 5.83. The van der Waals surface area contributed by atoms with Crippen molar-refractivity contribution in [2.45, 2.75) is 45.8 Å². The highest BCUT2D eigenvalue weighted by Crippen LogP contribution is 2.44. The van der Waals surface area contributed by atoms with Gasteiger partial charge in [-0.2, -0.15) is 0 Å². The van der Waals surface area contributed by atoms with Crippen LogP contribution in [0.3, 0.4) is 0 Å². The zero-order chi connectivity index (χ0) is 14.8. The number of primary amides is 1. The molecular formula is C16H24N2O2. The second-order valence-corrected chi connectivity index (χ2v) is 6.04. The summed E-state index contributed by atoms with van der Waals surface area (Å²) < 4.78 is 5.73. The average Bonchev–Trinajstić information content (AvgIpc) is 2.39. The van der Waals surface area contributed by atoms with Gasteiger partial charge in [-0.05, 0) is 31.0 Å². The zero-order valence-electron chi connectivity index (χ0n) is 12.5. The topological polar surface area (TPSA) is 64.3 Å². The van der Waals surface area contributed by atoms with Gasteiger partial charge in [0, 0.05) is 23.8 Å². The molecule has 1 saturated carbocycles. The SMILES string of the molecule is CCOC1CC(Nc2ccc(CC(N)=O)cc2)C1(C)C. The molecule has 1 aliphatic rings. The molecule has 0 spiro atoms. The Kier molecular flexibility index (Phi) is 4.33. The van der Waals surface area contributed by atoms with Crippen molar-refractivity contribution in [3.8, 4) is 0 Å².